The summed E-state index contributed by atoms with van der Waals surface area (Å²) < 4.78 is 0.745. The van der Waals surface area contributed by atoms with Gasteiger partial charge < -0.3 is 0 Å². The molecule has 0 spiro atoms. The maximum absolute atomic E-state index is 11.6. The Morgan fingerprint density at radius 2 is 2.00 bits per heavy atom. The van der Waals surface area contributed by atoms with Crippen molar-refractivity contribution in [3.63, 3.8) is 0 Å². The van der Waals surface area contributed by atoms with Crippen LogP contribution in [0.4, 0.5) is 0 Å². The summed E-state index contributed by atoms with van der Waals surface area (Å²) in [6.45, 7) is 1.51. The van der Waals surface area contributed by atoms with E-state index in [2.05, 4.69) is 15.3 Å². The van der Waals surface area contributed by atoms with Gasteiger partial charge in [-0.15, -0.1) is 4.68 Å². The van der Waals surface area contributed by atoms with Gasteiger partial charge in [0.25, 0.3) is 5.56 Å². The standard InChI is InChI=1S/C11H10N4O2/c1-8-10(16)15(11(17)14-13-8)12-7-9-5-3-2-4-6-9/h2-7H,1H3,(H,14,17)/b12-7-. The van der Waals surface area contributed by atoms with Crippen LogP contribution in [0.1, 0.15) is 11.3 Å². The number of H-pyrrole nitrogens is 1. The minimum absolute atomic E-state index is 0.190. The molecule has 1 aromatic carbocycles. The molecule has 0 saturated carbocycles. The van der Waals surface area contributed by atoms with Gasteiger partial charge in [0, 0.05) is 0 Å². The molecule has 0 amide bonds. The van der Waals surface area contributed by atoms with Crippen LogP contribution in [0.3, 0.4) is 0 Å². The molecule has 1 N–H and O–H groups in total. The lowest BCUT2D eigenvalue weighted by Crippen LogP contribution is -2.35. The van der Waals surface area contributed by atoms with Gasteiger partial charge in [-0.3, -0.25) is 4.79 Å². The summed E-state index contributed by atoms with van der Waals surface area (Å²) in [7, 11) is 0. The average Bonchev–Trinajstić information content (AvgIpc) is 2.35. The van der Waals surface area contributed by atoms with Crippen LogP contribution in [0.25, 0.3) is 0 Å². The second kappa shape index (κ2) is 4.56. The minimum atomic E-state index is -0.659. The highest BCUT2D eigenvalue weighted by Crippen LogP contribution is 1.93. The average molecular weight is 230 g/mol. The Bertz CT molecular complexity index is 655. The number of nitrogens with zero attached hydrogens (tertiary/aromatic N) is 3. The number of hydrogen-bond donors (Lipinski definition) is 1. The molecule has 0 aliphatic carbocycles. The summed E-state index contributed by atoms with van der Waals surface area (Å²) in [5, 5.41) is 9.57. The lowest BCUT2D eigenvalue weighted by Gasteiger charge is -1.96. The lowest BCUT2D eigenvalue weighted by atomic mass is 10.2. The molecule has 2 aromatic rings. The molecule has 0 saturated heterocycles. The highest BCUT2D eigenvalue weighted by Gasteiger charge is 2.02. The second-order valence-electron chi connectivity index (χ2n) is 3.39. The Labute approximate surface area is 96.2 Å². The molecule has 0 aliphatic heterocycles. The van der Waals surface area contributed by atoms with Gasteiger partial charge >= 0.3 is 5.69 Å². The smallest absolute Gasteiger partial charge is 0.265 e. The molecule has 17 heavy (non-hydrogen) atoms. The number of nitrogens with one attached hydrogen (secondary N) is 1. The topological polar surface area (TPSA) is 80.1 Å². The summed E-state index contributed by atoms with van der Waals surface area (Å²) in [4.78, 5) is 22.9. The molecule has 6 heteroatoms. The van der Waals surface area contributed by atoms with Gasteiger partial charge in [0.1, 0.15) is 5.69 Å². The Morgan fingerprint density at radius 3 is 2.71 bits per heavy atom. The highest BCUT2D eigenvalue weighted by molar-refractivity contribution is 5.79. The Hall–Kier alpha value is -2.50. The largest absolute Gasteiger partial charge is 0.365 e. The van der Waals surface area contributed by atoms with Crippen molar-refractivity contribution in [2.24, 2.45) is 5.10 Å². The maximum atomic E-state index is 11.6. The molecular formula is C11H10N4O2. The number of aromatic nitrogens is 3. The number of benzene rings is 1. The van der Waals surface area contributed by atoms with Gasteiger partial charge in [-0.25, -0.2) is 9.89 Å². The minimum Gasteiger partial charge on any atom is -0.265 e. The predicted octanol–water partition coefficient (Wildman–Crippen LogP) is 0.122. The van der Waals surface area contributed by atoms with Crippen molar-refractivity contribution in [1.82, 2.24) is 14.9 Å². The first-order chi connectivity index (χ1) is 8.18. The van der Waals surface area contributed by atoms with E-state index in [9.17, 15) is 9.59 Å². The van der Waals surface area contributed by atoms with Crippen molar-refractivity contribution in [3.8, 4) is 0 Å². The quantitative estimate of drug-likeness (QED) is 0.744. The fraction of sp³-hybridized carbons (Fsp3) is 0.0909. The van der Waals surface area contributed by atoms with Gasteiger partial charge in [-0.2, -0.15) is 10.2 Å². The molecule has 0 unspecified atom stereocenters. The third-order valence-corrected chi connectivity index (χ3v) is 2.14. The third-order valence-electron chi connectivity index (χ3n) is 2.14. The molecule has 0 radical (unpaired) electrons. The zero-order valence-electron chi connectivity index (χ0n) is 9.12. The van der Waals surface area contributed by atoms with Crippen molar-refractivity contribution in [2.45, 2.75) is 6.92 Å². The van der Waals surface area contributed by atoms with E-state index in [0.29, 0.717) is 0 Å². The highest BCUT2D eigenvalue weighted by atomic mass is 16.2. The van der Waals surface area contributed by atoms with Crippen LogP contribution in [-0.4, -0.2) is 21.1 Å². The zero-order chi connectivity index (χ0) is 12.3. The first-order valence-corrected chi connectivity index (χ1v) is 4.96. The van der Waals surface area contributed by atoms with Crippen molar-refractivity contribution < 1.29 is 0 Å². The third kappa shape index (κ3) is 2.36. The van der Waals surface area contributed by atoms with Crippen LogP contribution in [0.2, 0.25) is 0 Å². The molecule has 1 heterocycles. The van der Waals surface area contributed by atoms with Crippen molar-refractivity contribution in [2.75, 3.05) is 0 Å². The van der Waals surface area contributed by atoms with Crippen LogP contribution >= 0.6 is 0 Å². The summed E-state index contributed by atoms with van der Waals surface area (Å²) in [5.74, 6) is 0. The molecule has 2 rings (SSSR count). The molecule has 0 fully saturated rings. The number of hydrogen-bond acceptors (Lipinski definition) is 4. The summed E-state index contributed by atoms with van der Waals surface area (Å²) in [6, 6.07) is 9.18. The Balaban J connectivity index is 2.44. The first kappa shape index (κ1) is 11.0. The van der Waals surface area contributed by atoms with Gasteiger partial charge in [0.05, 0.1) is 6.21 Å². The monoisotopic (exact) mass is 230 g/mol. The van der Waals surface area contributed by atoms with E-state index in [1.165, 1.54) is 13.1 Å². The van der Waals surface area contributed by atoms with Crippen LogP contribution in [0, 0.1) is 6.92 Å². The van der Waals surface area contributed by atoms with E-state index in [1.807, 2.05) is 30.3 Å². The molecule has 86 valence electrons. The van der Waals surface area contributed by atoms with Crippen LogP contribution in [0.5, 0.6) is 0 Å². The van der Waals surface area contributed by atoms with Crippen LogP contribution in [0.15, 0.2) is 45.0 Å². The van der Waals surface area contributed by atoms with Crippen LogP contribution in [-0.2, 0) is 0 Å². The van der Waals surface area contributed by atoms with Gasteiger partial charge in [0.15, 0.2) is 0 Å². The van der Waals surface area contributed by atoms with E-state index in [0.717, 1.165) is 10.2 Å². The second-order valence-corrected chi connectivity index (χ2v) is 3.39. The zero-order valence-corrected chi connectivity index (χ0v) is 9.12. The Kier molecular flexibility index (Phi) is 2.95. The normalized spacial score (nSPS) is 10.9. The van der Waals surface area contributed by atoms with Crippen LogP contribution < -0.4 is 11.2 Å². The maximum Gasteiger partial charge on any atom is 0.365 e. The molecular weight excluding hydrogens is 220 g/mol. The van der Waals surface area contributed by atoms with E-state index >= 15 is 0 Å². The first-order valence-electron chi connectivity index (χ1n) is 4.96. The van der Waals surface area contributed by atoms with Crippen molar-refractivity contribution >= 4 is 6.21 Å². The lowest BCUT2D eigenvalue weighted by molar-refractivity contribution is 0.694. The van der Waals surface area contributed by atoms with Gasteiger partial charge in [-0.05, 0) is 12.5 Å². The van der Waals surface area contributed by atoms with E-state index < -0.39 is 11.2 Å². The summed E-state index contributed by atoms with van der Waals surface area (Å²) in [6.07, 6.45) is 1.44. The summed E-state index contributed by atoms with van der Waals surface area (Å²) in [5.41, 5.74) is -0.197. The molecule has 0 aliphatic rings. The van der Waals surface area contributed by atoms with Gasteiger partial charge in [0.2, 0.25) is 0 Å². The SMILES string of the molecule is Cc1n[nH]c(=O)n(/N=C\c2ccccc2)c1=O. The molecule has 0 atom stereocenters. The van der Waals surface area contributed by atoms with E-state index in [1.54, 1.807) is 0 Å². The van der Waals surface area contributed by atoms with Crippen molar-refractivity contribution in [1.29, 1.82) is 0 Å². The van der Waals surface area contributed by atoms with Gasteiger partial charge in [-0.1, -0.05) is 30.3 Å². The van der Waals surface area contributed by atoms with Crippen molar-refractivity contribution in [3.05, 3.63) is 62.4 Å². The summed E-state index contributed by atoms with van der Waals surface area (Å²) >= 11 is 0. The molecule has 6 nitrogen and oxygen atoms in total. The van der Waals surface area contributed by atoms with E-state index in [4.69, 9.17) is 0 Å². The fourth-order valence-corrected chi connectivity index (χ4v) is 1.24. The Morgan fingerprint density at radius 1 is 1.29 bits per heavy atom. The fourth-order valence-electron chi connectivity index (χ4n) is 1.24. The molecule has 0 bridgehead atoms. The van der Waals surface area contributed by atoms with E-state index in [-0.39, 0.29) is 5.69 Å². The number of aromatic amines is 1. The molecule has 1 aromatic heterocycles. The predicted molar refractivity (Wildman–Crippen MR) is 63.3 cm³/mol. The number of aryl methyl sites for hydroxylation is 1. The number of rotatable bonds is 2.